The molecule has 0 bridgehead atoms. The van der Waals surface area contributed by atoms with Crippen LogP contribution in [0.5, 0.6) is 5.75 Å². The Kier molecular flexibility index (Phi) is 7.15. The Bertz CT molecular complexity index is 1100. The molecule has 158 valence electrons. The lowest BCUT2D eigenvalue weighted by atomic mass is 10.1. The molecule has 1 heterocycles. The maximum Gasteiger partial charge on any atom is 0.242 e. The predicted molar refractivity (Wildman–Crippen MR) is 112 cm³/mol. The molecule has 30 heavy (non-hydrogen) atoms. The molecule has 9 heteroatoms. The summed E-state index contributed by atoms with van der Waals surface area (Å²) < 4.78 is 32.6. The van der Waals surface area contributed by atoms with Crippen molar-refractivity contribution in [2.75, 3.05) is 6.54 Å². The summed E-state index contributed by atoms with van der Waals surface area (Å²) >= 11 is 5.96. The molecule has 1 aromatic heterocycles. The fraction of sp³-hybridized carbons (Fsp3) is 0.190. The number of nitrogens with one attached hydrogen (secondary N) is 1. The SMILES string of the molecule is O=C(CCNS(=O)(=O)c1ccccc1Cl)N(Cc1ccco1)Cc1ccccc1O. The predicted octanol–water partition coefficient (Wildman–Crippen LogP) is 3.54. The number of phenols is 1. The van der Waals surface area contributed by atoms with Crippen LogP contribution in [0.2, 0.25) is 5.02 Å². The Hall–Kier alpha value is -2.81. The first kappa shape index (κ1) is 21.9. The molecular weight excluding hydrogens is 428 g/mol. The first-order valence-electron chi connectivity index (χ1n) is 9.18. The molecule has 3 aromatic rings. The number of nitrogens with zero attached hydrogens (tertiary/aromatic N) is 1. The minimum absolute atomic E-state index is 0.0410. The maximum absolute atomic E-state index is 12.8. The molecule has 0 spiro atoms. The molecule has 0 unspecified atom stereocenters. The van der Waals surface area contributed by atoms with Crippen LogP contribution >= 0.6 is 11.6 Å². The van der Waals surface area contributed by atoms with Crippen LogP contribution in [0, 0.1) is 0 Å². The summed E-state index contributed by atoms with van der Waals surface area (Å²) in [6.45, 7) is 0.253. The molecule has 0 radical (unpaired) electrons. The van der Waals surface area contributed by atoms with Crippen LogP contribution in [-0.2, 0) is 27.9 Å². The number of phenolic OH excluding ortho intramolecular Hbond substituents is 1. The number of hydrogen-bond donors (Lipinski definition) is 2. The largest absolute Gasteiger partial charge is 0.508 e. The summed E-state index contributed by atoms with van der Waals surface area (Å²) in [4.78, 5) is 14.3. The molecule has 0 aliphatic heterocycles. The smallest absolute Gasteiger partial charge is 0.242 e. The fourth-order valence-corrected chi connectivity index (χ4v) is 4.41. The van der Waals surface area contributed by atoms with E-state index < -0.39 is 10.0 Å². The van der Waals surface area contributed by atoms with Gasteiger partial charge in [-0.2, -0.15) is 0 Å². The molecule has 0 saturated carbocycles. The lowest BCUT2D eigenvalue weighted by molar-refractivity contribution is -0.132. The normalized spacial score (nSPS) is 11.4. The topological polar surface area (TPSA) is 99.9 Å². The number of aromatic hydroxyl groups is 1. The lowest BCUT2D eigenvalue weighted by Crippen LogP contribution is -2.34. The van der Waals surface area contributed by atoms with Crippen LogP contribution in [-0.4, -0.2) is 30.9 Å². The van der Waals surface area contributed by atoms with Gasteiger partial charge in [0.1, 0.15) is 16.4 Å². The molecule has 0 aliphatic carbocycles. The van der Waals surface area contributed by atoms with Crippen molar-refractivity contribution in [3.63, 3.8) is 0 Å². The van der Waals surface area contributed by atoms with Crippen LogP contribution in [0.4, 0.5) is 0 Å². The Morgan fingerprint density at radius 3 is 2.47 bits per heavy atom. The highest BCUT2D eigenvalue weighted by molar-refractivity contribution is 7.89. The molecule has 0 fully saturated rings. The Morgan fingerprint density at radius 2 is 1.77 bits per heavy atom. The molecule has 2 N–H and O–H groups in total. The second-order valence-corrected chi connectivity index (χ2v) is 8.68. The van der Waals surface area contributed by atoms with Gasteiger partial charge in [-0.1, -0.05) is 41.9 Å². The van der Waals surface area contributed by atoms with Crippen LogP contribution in [0.1, 0.15) is 17.7 Å². The number of sulfonamides is 1. The quantitative estimate of drug-likeness (QED) is 0.521. The highest BCUT2D eigenvalue weighted by atomic mass is 35.5. The molecule has 2 aromatic carbocycles. The van der Waals surface area contributed by atoms with E-state index in [4.69, 9.17) is 16.0 Å². The van der Waals surface area contributed by atoms with Crippen LogP contribution in [0.25, 0.3) is 0 Å². The van der Waals surface area contributed by atoms with Gasteiger partial charge in [0, 0.05) is 25.1 Å². The number of rotatable bonds is 9. The monoisotopic (exact) mass is 448 g/mol. The highest BCUT2D eigenvalue weighted by Crippen LogP contribution is 2.21. The van der Waals surface area contributed by atoms with E-state index in [-0.39, 0.29) is 47.6 Å². The van der Waals surface area contributed by atoms with Crippen molar-refractivity contribution in [3.05, 3.63) is 83.3 Å². The second kappa shape index (κ2) is 9.80. The average molecular weight is 449 g/mol. The van der Waals surface area contributed by atoms with Gasteiger partial charge >= 0.3 is 0 Å². The third-order valence-electron chi connectivity index (χ3n) is 4.39. The van der Waals surface area contributed by atoms with Gasteiger partial charge in [-0.15, -0.1) is 0 Å². The van der Waals surface area contributed by atoms with E-state index in [2.05, 4.69) is 4.72 Å². The van der Waals surface area contributed by atoms with E-state index in [0.29, 0.717) is 11.3 Å². The molecular formula is C21H21ClN2O5S. The van der Waals surface area contributed by atoms with Gasteiger partial charge < -0.3 is 14.4 Å². The number of carbonyl (C=O) groups is 1. The van der Waals surface area contributed by atoms with Crippen molar-refractivity contribution in [1.29, 1.82) is 0 Å². The summed E-state index contributed by atoms with van der Waals surface area (Å²) in [5, 5.41) is 10.1. The Morgan fingerprint density at radius 1 is 1.03 bits per heavy atom. The number of amides is 1. The van der Waals surface area contributed by atoms with Crippen molar-refractivity contribution in [3.8, 4) is 5.75 Å². The molecule has 0 aliphatic rings. The van der Waals surface area contributed by atoms with Gasteiger partial charge in [0.15, 0.2) is 0 Å². The zero-order valence-corrected chi connectivity index (χ0v) is 17.6. The minimum atomic E-state index is -3.84. The standard InChI is InChI=1S/C21H21ClN2O5S/c22-18-8-2-4-10-20(18)30(27,28)23-12-11-21(26)24(15-17-7-5-13-29-17)14-16-6-1-3-9-19(16)25/h1-10,13,23,25H,11-12,14-15H2. The highest BCUT2D eigenvalue weighted by Gasteiger charge is 2.20. The molecule has 3 rings (SSSR count). The van der Waals surface area contributed by atoms with Gasteiger partial charge in [-0.05, 0) is 30.3 Å². The summed E-state index contributed by atoms with van der Waals surface area (Å²) in [6.07, 6.45) is 1.44. The molecule has 0 atom stereocenters. The third kappa shape index (κ3) is 5.63. The van der Waals surface area contributed by atoms with Gasteiger partial charge in [0.2, 0.25) is 15.9 Å². The van der Waals surface area contributed by atoms with Crippen LogP contribution < -0.4 is 4.72 Å². The summed E-state index contributed by atoms with van der Waals surface area (Å²) in [6, 6.07) is 16.3. The number of furan rings is 1. The van der Waals surface area contributed by atoms with E-state index in [1.165, 1.54) is 23.3 Å². The molecule has 0 saturated heterocycles. The number of para-hydroxylation sites is 1. The number of carbonyl (C=O) groups excluding carboxylic acids is 1. The maximum atomic E-state index is 12.8. The zero-order valence-electron chi connectivity index (χ0n) is 16.0. The van der Waals surface area contributed by atoms with Gasteiger partial charge in [-0.25, -0.2) is 13.1 Å². The van der Waals surface area contributed by atoms with Crippen LogP contribution in [0.3, 0.4) is 0 Å². The number of hydrogen-bond acceptors (Lipinski definition) is 5. The van der Waals surface area contributed by atoms with E-state index in [1.54, 1.807) is 48.5 Å². The third-order valence-corrected chi connectivity index (χ3v) is 6.35. The van der Waals surface area contributed by atoms with Crippen molar-refractivity contribution in [2.24, 2.45) is 0 Å². The number of benzene rings is 2. The average Bonchev–Trinajstić information content (AvgIpc) is 3.22. The molecule has 1 amide bonds. The first-order valence-corrected chi connectivity index (χ1v) is 11.0. The fourth-order valence-electron chi connectivity index (χ4n) is 2.86. The van der Waals surface area contributed by atoms with Gasteiger partial charge in [0.25, 0.3) is 0 Å². The van der Waals surface area contributed by atoms with Gasteiger partial charge in [-0.3, -0.25) is 4.79 Å². The Balaban J connectivity index is 1.67. The second-order valence-electron chi connectivity index (χ2n) is 6.54. The van der Waals surface area contributed by atoms with E-state index in [9.17, 15) is 18.3 Å². The van der Waals surface area contributed by atoms with Crippen molar-refractivity contribution in [1.82, 2.24) is 9.62 Å². The Labute approximate surface area is 179 Å². The van der Waals surface area contributed by atoms with Crippen molar-refractivity contribution >= 4 is 27.5 Å². The van der Waals surface area contributed by atoms with E-state index >= 15 is 0 Å². The first-order chi connectivity index (χ1) is 14.4. The zero-order chi connectivity index (χ0) is 21.6. The number of halogens is 1. The van der Waals surface area contributed by atoms with Gasteiger partial charge in [0.05, 0.1) is 17.8 Å². The molecule has 7 nitrogen and oxygen atoms in total. The van der Waals surface area contributed by atoms with Crippen LogP contribution in [0.15, 0.2) is 76.2 Å². The van der Waals surface area contributed by atoms with Crippen molar-refractivity contribution < 1.29 is 22.7 Å². The summed E-state index contributed by atoms with van der Waals surface area (Å²) in [5.41, 5.74) is 0.578. The minimum Gasteiger partial charge on any atom is -0.508 e. The lowest BCUT2D eigenvalue weighted by Gasteiger charge is -2.22. The summed E-state index contributed by atoms with van der Waals surface area (Å²) in [7, 11) is -3.84. The van der Waals surface area contributed by atoms with Crippen molar-refractivity contribution in [2.45, 2.75) is 24.4 Å². The van der Waals surface area contributed by atoms with E-state index in [0.717, 1.165) is 0 Å². The summed E-state index contributed by atoms with van der Waals surface area (Å²) in [5.74, 6) is 0.362. The van der Waals surface area contributed by atoms with E-state index in [1.807, 2.05) is 0 Å².